The lowest BCUT2D eigenvalue weighted by atomic mass is 9.99. The molecule has 2 aromatic rings. The molecular formula is C18H15N3O6S2. The maximum Gasteiger partial charge on any atom is 0.313 e. The van der Waals surface area contributed by atoms with Gasteiger partial charge < -0.3 is 5.11 Å². The summed E-state index contributed by atoms with van der Waals surface area (Å²) in [5.74, 6) is -1.13. The molecule has 0 unspecified atom stereocenters. The van der Waals surface area contributed by atoms with Crippen LogP contribution in [0.1, 0.15) is 12.0 Å². The number of hydrogen-bond acceptors (Lipinski definition) is 8. The van der Waals surface area contributed by atoms with Gasteiger partial charge in [-0.15, -0.1) is 5.10 Å². The van der Waals surface area contributed by atoms with Gasteiger partial charge in [-0.25, -0.2) is 8.42 Å². The predicted octanol–water partition coefficient (Wildman–Crippen LogP) is 2.99. The van der Waals surface area contributed by atoms with Crippen LogP contribution in [0.25, 0.3) is 11.1 Å². The fourth-order valence-electron chi connectivity index (χ4n) is 2.67. The Hall–Kier alpha value is -3.05. The van der Waals surface area contributed by atoms with Gasteiger partial charge >= 0.3 is 5.97 Å². The van der Waals surface area contributed by atoms with Crippen molar-refractivity contribution in [1.29, 1.82) is 0 Å². The number of thioether (sulfide) groups is 1. The molecule has 0 bridgehead atoms. The van der Waals surface area contributed by atoms with Gasteiger partial charge in [0.25, 0.3) is 5.69 Å². The van der Waals surface area contributed by atoms with E-state index in [9.17, 15) is 23.3 Å². The minimum Gasteiger partial charge on any atom is -0.481 e. The van der Waals surface area contributed by atoms with Gasteiger partial charge in [0.15, 0.2) is 9.84 Å². The minimum absolute atomic E-state index is 0.108. The zero-order valence-electron chi connectivity index (χ0n) is 15.1. The van der Waals surface area contributed by atoms with Crippen molar-refractivity contribution in [1.82, 2.24) is 0 Å². The molecular weight excluding hydrogens is 418 g/mol. The van der Waals surface area contributed by atoms with E-state index in [1.54, 1.807) is 18.2 Å². The van der Waals surface area contributed by atoms with Crippen molar-refractivity contribution in [2.45, 2.75) is 11.3 Å². The van der Waals surface area contributed by atoms with Crippen molar-refractivity contribution >= 4 is 44.0 Å². The summed E-state index contributed by atoms with van der Waals surface area (Å²) in [6.45, 7) is 0. The summed E-state index contributed by atoms with van der Waals surface area (Å²) in [6.07, 6.45) is 1.35. The molecule has 150 valence electrons. The topological polar surface area (TPSA) is 139 Å². The molecule has 11 heteroatoms. The highest BCUT2D eigenvalue weighted by Crippen LogP contribution is 2.30. The summed E-state index contributed by atoms with van der Waals surface area (Å²) in [5.41, 5.74) is 1.75. The van der Waals surface area contributed by atoms with Gasteiger partial charge in [-0.05, 0) is 29.3 Å². The lowest BCUT2D eigenvalue weighted by Crippen LogP contribution is -2.06. The molecule has 1 heterocycles. The van der Waals surface area contributed by atoms with E-state index in [1.807, 2.05) is 0 Å². The Balaban J connectivity index is 1.97. The first kappa shape index (κ1) is 20.7. The van der Waals surface area contributed by atoms with Gasteiger partial charge in [-0.3, -0.25) is 14.9 Å². The molecule has 0 fully saturated rings. The molecule has 0 saturated heterocycles. The smallest absolute Gasteiger partial charge is 0.313 e. The van der Waals surface area contributed by atoms with Crippen LogP contribution < -0.4 is 0 Å². The normalized spacial score (nSPS) is 13.7. The third-order valence-electron chi connectivity index (χ3n) is 4.02. The van der Waals surface area contributed by atoms with Crippen LogP contribution in [-0.2, 0) is 14.6 Å². The number of carboxylic acid groups (broad SMARTS) is 1. The van der Waals surface area contributed by atoms with Crippen LogP contribution in [0.15, 0.2) is 57.6 Å². The van der Waals surface area contributed by atoms with Crippen molar-refractivity contribution in [2.24, 2.45) is 10.2 Å². The first-order valence-electron chi connectivity index (χ1n) is 8.22. The van der Waals surface area contributed by atoms with Crippen LogP contribution in [0.4, 0.5) is 5.69 Å². The standard InChI is InChI=1S/C18H15N3O6S2/c1-29(26,27)15-4-2-3-11(8-15)12-5-13(7-14(6-12)21(24)25)16-9-17(20-19-16)28-10-18(22)23/h2-8H,9-10H2,1H3,(H,22,23). The number of carboxylic acids is 1. The summed E-state index contributed by atoms with van der Waals surface area (Å²) < 4.78 is 23.7. The molecule has 0 spiro atoms. The molecule has 0 aliphatic carbocycles. The molecule has 0 amide bonds. The van der Waals surface area contributed by atoms with E-state index in [2.05, 4.69) is 10.2 Å². The number of nitrogens with zero attached hydrogens (tertiary/aromatic N) is 3. The third-order valence-corrected chi connectivity index (χ3v) is 6.08. The molecule has 1 aliphatic heterocycles. The summed E-state index contributed by atoms with van der Waals surface area (Å²) >= 11 is 1.04. The van der Waals surface area contributed by atoms with Crippen LogP contribution in [0.2, 0.25) is 0 Å². The highest BCUT2D eigenvalue weighted by molar-refractivity contribution is 8.14. The summed E-state index contributed by atoms with van der Waals surface area (Å²) in [5, 5.41) is 28.6. The van der Waals surface area contributed by atoms with Gasteiger partial charge in [0, 0.05) is 30.4 Å². The number of carbonyl (C=O) groups is 1. The zero-order valence-corrected chi connectivity index (χ0v) is 16.7. The Kier molecular flexibility index (Phi) is 5.80. The Bertz CT molecular complexity index is 1170. The Morgan fingerprint density at radius 3 is 2.55 bits per heavy atom. The largest absolute Gasteiger partial charge is 0.481 e. The van der Waals surface area contributed by atoms with Crippen LogP contribution >= 0.6 is 11.8 Å². The van der Waals surface area contributed by atoms with Crippen molar-refractivity contribution < 1.29 is 23.2 Å². The highest BCUT2D eigenvalue weighted by Gasteiger charge is 2.20. The molecule has 1 aliphatic rings. The molecule has 29 heavy (non-hydrogen) atoms. The van der Waals surface area contributed by atoms with Crippen molar-refractivity contribution in [3.05, 3.63) is 58.1 Å². The van der Waals surface area contributed by atoms with Gasteiger partial charge in [-0.2, -0.15) is 5.10 Å². The number of hydrogen-bond donors (Lipinski definition) is 1. The molecule has 0 radical (unpaired) electrons. The molecule has 0 atom stereocenters. The Labute approximate surface area is 170 Å². The number of aliphatic carboxylic acids is 1. The average Bonchev–Trinajstić information content (AvgIpc) is 3.14. The summed E-state index contributed by atoms with van der Waals surface area (Å²) in [6, 6.07) is 10.6. The fraction of sp³-hybridized carbons (Fsp3) is 0.167. The number of benzene rings is 2. The Morgan fingerprint density at radius 2 is 1.90 bits per heavy atom. The molecule has 0 saturated carbocycles. The second-order valence-corrected chi connectivity index (χ2v) is 9.29. The molecule has 9 nitrogen and oxygen atoms in total. The van der Waals surface area contributed by atoms with Crippen LogP contribution in [-0.4, -0.2) is 47.2 Å². The SMILES string of the molecule is CS(=O)(=O)c1cccc(-c2cc(C3=NN=C(SCC(=O)O)C3)cc([N+](=O)[O-])c2)c1. The molecule has 2 aromatic carbocycles. The van der Waals surface area contributed by atoms with Crippen LogP contribution in [0.3, 0.4) is 0 Å². The predicted molar refractivity (Wildman–Crippen MR) is 110 cm³/mol. The third kappa shape index (κ3) is 5.06. The lowest BCUT2D eigenvalue weighted by Gasteiger charge is -2.08. The van der Waals surface area contributed by atoms with Gasteiger partial charge in [0.2, 0.25) is 0 Å². The lowest BCUT2D eigenvalue weighted by molar-refractivity contribution is -0.384. The van der Waals surface area contributed by atoms with Crippen molar-refractivity contribution in [3.63, 3.8) is 0 Å². The van der Waals surface area contributed by atoms with E-state index in [0.717, 1.165) is 18.0 Å². The number of non-ortho nitro benzene ring substituents is 1. The highest BCUT2D eigenvalue weighted by atomic mass is 32.2. The maximum atomic E-state index is 11.8. The summed E-state index contributed by atoms with van der Waals surface area (Å²) in [7, 11) is -3.43. The van der Waals surface area contributed by atoms with E-state index in [1.165, 1.54) is 24.3 Å². The zero-order chi connectivity index (χ0) is 21.2. The minimum atomic E-state index is -3.43. The quantitative estimate of drug-likeness (QED) is 0.545. The van der Waals surface area contributed by atoms with Crippen molar-refractivity contribution in [3.8, 4) is 11.1 Å². The van der Waals surface area contributed by atoms with E-state index in [0.29, 0.717) is 27.4 Å². The first-order valence-corrected chi connectivity index (χ1v) is 11.1. The molecule has 3 rings (SSSR count). The van der Waals surface area contributed by atoms with Crippen LogP contribution in [0.5, 0.6) is 0 Å². The van der Waals surface area contributed by atoms with E-state index in [-0.39, 0.29) is 22.8 Å². The number of nitro benzene ring substituents is 1. The van der Waals surface area contributed by atoms with Gasteiger partial charge in [0.05, 0.1) is 21.3 Å². The fourth-order valence-corrected chi connectivity index (χ4v) is 3.97. The van der Waals surface area contributed by atoms with Crippen LogP contribution in [0, 0.1) is 10.1 Å². The summed E-state index contributed by atoms with van der Waals surface area (Å²) in [4.78, 5) is 21.7. The van der Waals surface area contributed by atoms with E-state index in [4.69, 9.17) is 5.11 Å². The van der Waals surface area contributed by atoms with E-state index < -0.39 is 20.7 Å². The number of nitro groups is 1. The van der Waals surface area contributed by atoms with E-state index >= 15 is 0 Å². The maximum absolute atomic E-state index is 11.8. The number of sulfone groups is 1. The van der Waals surface area contributed by atoms with Crippen molar-refractivity contribution in [2.75, 3.05) is 12.0 Å². The molecule has 1 N–H and O–H groups in total. The van der Waals surface area contributed by atoms with Gasteiger partial charge in [-0.1, -0.05) is 23.9 Å². The monoisotopic (exact) mass is 433 g/mol. The number of rotatable bonds is 6. The second-order valence-electron chi connectivity index (χ2n) is 6.23. The average molecular weight is 433 g/mol. The second kappa shape index (κ2) is 8.13. The molecule has 0 aromatic heterocycles. The van der Waals surface area contributed by atoms with Gasteiger partial charge in [0.1, 0.15) is 5.04 Å². The Morgan fingerprint density at radius 1 is 1.17 bits per heavy atom. The first-order chi connectivity index (χ1) is 13.6.